The lowest BCUT2D eigenvalue weighted by atomic mass is 10.1. The molecule has 0 aliphatic heterocycles. The van der Waals surface area contributed by atoms with Crippen LogP contribution in [0, 0.1) is 17.1 Å². The molecule has 1 aromatic carbocycles. The van der Waals surface area contributed by atoms with Crippen molar-refractivity contribution in [1.82, 2.24) is 4.90 Å². The van der Waals surface area contributed by atoms with Gasteiger partial charge < -0.3 is 4.90 Å². The average molecular weight is 260 g/mol. The van der Waals surface area contributed by atoms with E-state index < -0.39 is 24.4 Å². The van der Waals surface area contributed by atoms with Gasteiger partial charge in [0.05, 0.1) is 11.6 Å². The van der Waals surface area contributed by atoms with E-state index in [9.17, 15) is 22.4 Å². The Bertz CT molecular complexity index is 505. The lowest BCUT2D eigenvalue weighted by Gasteiger charge is -2.19. The van der Waals surface area contributed by atoms with Crippen molar-refractivity contribution in [1.29, 1.82) is 5.26 Å². The maximum atomic E-state index is 13.3. The van der Waals surface area contributed by atoms with Gasteiger partial charge in [-0.2, -0.15) is 18.4 Å². The molecule has 0 heterocycles. The van der Waals surface area contributed by atoms with Crippen LogP contribution in [0.5, 0.6) is 0 Å². The van der Waals surface area contributed by atoms with Crippen LogP contribution in [0.25, 0.3) is 0 Å². The Morgan fingerprint density at radius 3 is 2.56 bits per heavy atom. The molecule has 0 fully saturated rings. The van der Waals surface area contributed by atoms with Gasteiger partial charge in [-0.25, -0.2) is 4.39 Å². The number of alkyl halides is 3. The fourth-order valence-corrected chi connectivity index (χ4v) is 1.31. The fourth-order valence-electron chi connectivity index (χ4n) is 1.31. The molecule has 3 nitrogen and oxygen atoms in total. The lowest BCUT2D eigenvalue weighted by molar-refractivity contribution is -0.184. The van der Waals surface area contributed by atoms with E-state index in [0.29, 0.717) is 4.90 Å². The van der Waals surface area contributed by atoms with Gasteiger partial charge in [0.15, 0.2) is 0 Å². The summed E-state index contributed by atoms with van der Waals surface area (Å²) in [6, 6.07) is 5.01. The summed E-state index contributed by atoms with van der Waals surface area (Å²) in [5.74, 6) is -2.83. The summed E-state index contributed by atoms with van der Waals surface area (Å²) in [6.07, 6.45) is -5.00. The smallest absolute Gasteiger partial charge is 0.334 e. The van der Waals surface area contributed by atoms with Crippen molar-refractivity contribution < 1.29 is 22.4 Å². The van der Waals surface area contributed by atoms with Crippen LogP contribution in [0.15, 0.2) is 18.2 Å². The summed E-state index contributed by atoms with van der Waals surface area (Å²) >= 11 is 0. The molecule has 18 heavy (non-hydrogen) atoms. The van der Waals surface area contributed by atoms with Crippen LogP contribution >= 0.6 is 0 Å². The van der Waals surface area contributed by atoms with Crippen molar-refractivity contribution in [2.24, 2.45) is 0 Å². The first-order valence-corrected chi connectivity index (χ1v) is 4.76. The zero-order valence-corrected chi connectivity index (χ0v) is 9.25. The molecule has 0 aromatic heterocycles. The van der Waals surface area contributed by atoms with Gasteiger partial charge in [0.1, 0.15) is 5.82 Å². The predicted molar refractivity (Wildman–Crippen MR) is 53.6 cm³/mol. The van der Waals surface area contributed by atoms with Crippen LogP contribution in [-0.2, 0) is 11.3 Å². The first-order valence-electron chi connectivity index (χ1n) is 4.76. The number of benzene rings is 1. The van der Waals surface area contributed by atoms with Gasteiger partial charge in [0.2, 0.25) is 0 Å². The molecule has 0 spiro atoms. The van der Waals surface area contributed by atoms with Crippen molar-refractivity contribution >= 4 is 5.91 Å². The normalized spacial score (nSPS) is 10.9. The minimum absolute atomic E-state index is 0.110. The summed E-state index contributed by atoms with van der Waals surface area (Å²) in [6.45, 7) is -0.556. The van der Waals surface area contributed by atoms with Gasteiger partial charge >= 0.3 is 12.1 Å². The van der Waals surface area contributed by atoms with Crippen LogP contribution in [0.4, 0.5) is 17.6 Å². The van der Waals surface area contributed by atoms with E-state index in [1.54, 1.807) is 6.07 Å². The number of hydrogen-bond donors (Lipinski definition) is 0. The van der Waals surface area contributed by atoms with Crippen LogP contribution < -0.4 is 0 Å². The second-order valence-electron chi connectivity index (χ2n) is 3.58. The van der Waals surface area contributed by atoms with Crippen molar-refractivity contribution in [3.05, 3.63) is 35.1 Å². The van der Waals surface area contributed by atoms with E-state index in [1.807, 2.05) is 0 Å². The number of carbonyl (C=O) groups excluding carboxylic acids is 1. The zero-order chi connectivity index (χ0) is 13.9. The maximum absolute atomic E-state index is 13.3. The van der Waals surface area contributed by atoms with Crippen LogP contribution in [0.3, 0.4) is 0 Å². The van der Waals surface area contributed by atoms with Gasteiger partial charge in [-0.05, 0) is 18.2 Å². The van der Waals surface area contributed by atoms with Crippen molar-refractivity contribution in [3.8, 4) is 6.07 Å². The monoisotopic (exact) mass is 260 g/mol. The van der Waals surface area contributed by atoms with Crippen LogP contribution in [0.2, 0.25) is 0 Å². The third-order valence-corrected chi connectivity index (χ3v) is 2.17. The van der Waals surface area contributed by atoms with Crippen molar-refractivity contribution in [3.63, 3.8) is 0 Å². The minimum atomic E-state index is -5.00. The quantitative estimate of drug-likeness (QED) is 0.765. The Labute approximate surface area is 100 Å². The molecule has 1 amide bonds. The number of nitriles is 1. The fraction of sp³-hybridized carbons (Fsp3) is 0.273. The molecule has 0 unspecified atom stereocenters. The predicted octanol–water partition coefficient (Wildman–Crippen LogP) is 2.22. The molecular weight excluding hydrogens is 252 g/mol. The summed E-state index contributed by atoms with van der Waals surface area (Å²) in [7, 11) is 0.911. The Morgan fingerprint density at radius 1 is 1.44 bits per heavy atom. The Morgan fingerprint density at radius 2 is 2.06 bits per heavy atom. The van der Waals surface area contributed by atoms with Crippen LogP contribution in [0.1, 0.15) is 11.1 Å². The molecular formula is C11H8F4N2O. The Hall–Kier alpha value is -2.10. The standard InChI is InChI=1S/C11H8F4N2O/c1-17(10(18)11(13,14)15)6-8-4-7(5-16)2-3-9(8)12/h2-4H,6H2,1H3. The highest BCUT2D eigenvalue weighted by molar-refractivity contribution is 5.81. The minimum Gasteiger partial charge on any atom is -0.334 e. The van der Waals surface area contributed by atoms with E-state index in [0.717, 1.165) is 19.2 Å². The number of amides is 1. The summed E-state index contributed by atoms with van der Waals surface area (Å²) in [5.41, 5.74) is -0.0339. The number of hydrogen-bond acceptors (Lipinski definition) is 2. The molecule has 0 aliphatic rings. The average Bonchev–Trinajstić information content (AvgIpc) is 2.29. The number of halogens is 4. The maximum Gasteiger partial charge on any atom is 0.471 e. The first kappa shape index (κ1) is 14.0. The van der Waals surface area contributed by atoms with E-state index >= 15 is 0 Å². The molecule has 0 radical (unpaired) electrons. The Kier molecular flexibility index (Phi) is 3.91. The van der Waals surface area contributed by atoms with Gasteiger partial charge in [0.25, 0.3) is 0 Å². The molecule has 0 saturated carbocycles. The van der Waals surface area contributed by atoms with E-state index in [1.165, 1.54) is 6.07 Å². The summed E-state index contributed by atoms with van der Waals surface area (Å²) in [4.78, 5) is 11.2. The number of rotatable bonds is 2. The highest BCUT2D eigenvalue weighted by Crippen LogP contribution is 2.20. The topological polar surface area (TPSA) is 44.1 Å². The second-order valence-corrected chi connectivity index (χ2v) is 3.58. The molecule has 7 heteroatoms. The van der Waals surface area contributed by atoms with E-state index in [-0.39, 0.29) is 11.1 Å². The number of carbonyl (C=O) groups is 1. The molecule has 1 rings (SSSR count). The second kappa shape index (κ2) is 5.04. The molecule has 0 aliphatic carbocycles. The van der Waals surface area contributed by atoms with E-state index in [2.05, 4.69) is 0 Å². The van der Waals surface area contributed by atoms with Gasteiger partial charge in [-0.15, -0.1) is 0 Å². The molecule has 0 saturated heterocycles. The summed E-state index contributed by atoms with van der Waals surface area (Å²) in [5, 5.41) is 8.59. The lowest BCUT2D eigenvalue weighted by Crippen LogP contribution is -2.38. The van der Waals surface area contributed by atoms with Crippen molar-refractivity contribution in [2.45, 2.75) is 12.7 Å². The molecule has 0 N–H and O–H groups in total. The number of nitrogens with zero attached hydrogens (tertiary/aromatic N) is 2. The van der Waals surface area contributed by atoms with Gasteiger partial charge in [0, 0.05) is 19.2 Å². The highest BCUT2D eigenvalue weighted by atomic mass is 19.4. The highest BCUT2D eigenvalue weighted by Gasteiger charge is 2.41. The Balaban J connectivity index is 2.92. The van der Waals surface area contributed by atoms with Gasteiger partial charge in [-0.1, -0.05) is 0 Å². The third-order valence-electron chi connectivity index (χ3n) is 2.17. The molecule has 96 valence electrons. The largest absolute Gasteiger partial charge is 0.471 e. The third kappa shape index (κ3) is 3.20. The zero-order valence-electron chi connectivity index (χ0n) is 9.25. The van der Waals surface area contributed by atoms with E-state index in [4.69, 9.17) is 5.26 Å². The molecule has 0 bridgehead atoms. The van der Waals surface area contributed by atoms with Gasteiger partial charge in [-0.3, -0.25) is 4.79 Å². The summed E-state index contributed by atoms with van der Waals surface area (Å²) < 4.78 is 49.6. The molecule has 0 atom stereocenters. The molecule has 1 aromatic rings. The van der Waals surface area contributed by atoms with Crippen LogP contribution in [-0.4, -0.2) is 24.0 Å². The SMILES string of the molecule is CN(Cc1cc(C#N)ccc1F)C(=O)C(F)(F)F. The van der Waals surface area contributed by atoms with Crippen molar-refractivity contribution in [2.75, 3.05) is 7.05 Å². The first-order chi connectivity index (χ1) is 8.25.